The highest BCUT2D eigenvalue weighted by Crippen LogP contribution is 2.52. The molecule has 7 heteroatoms. The summed E-state index contributed by atoms with van der Waals surface area (Å²) >= 11 is 0. The maximum atomic E-state index is 13.2. The number of carbonyl (C=O) groups excluding carboxylic acids is 2. The maximum Gasteiger partial charge on any atom is 0.230 e. The first-order valence-electron chi connectivity index (χ1n) is 11.2. The highest BCUT2D eigenvalue weighted by atomic mass is 16.5. The number of rotatable bonds is 7. The first kappa shape index (κ1) is 19.5. The topological polar surface area (TPSA) is 83.6 Å². The van der Waals surface area contributed by atoms with E-state index in [0.717, 1.165) is 37.2 Å². The number of pyridine rings is 1. The third-order valence-corrected chi connectivity index (χ3v) is 7.07. The monoisotopic (exact) mass is 410 g/mol. The summed E-state index contributed by atoms with van der Waals surface area (Å²) in [6, 6.07) is 4.29. The van der Waals surface area contributed by atoms with Gasteiger partial charge in [-0.15, -0.1) is 0 Å². The van der Waals surface area contributed by atoms with Crippen molar-refractivity contribution in [3.63, 3.8) is 0 Å². The van der Waals surface area contributed by atoms with Gasteiger partial charge >= 0.3 is 0 Å². The van der Waals surface area contributed by atoms with Crippen LogP contribution in [0.3, 0.4) is 0 Å². The molecule has 1 spiro atoms. The number of amides is 2. The SMILES string of the molecule is Cc1ccc(NCCCNC(=O)C2C3C=C[C@@]4(CN(C5CCCC5)C(=O)C24)O3)nc1. The molecule has 7 nitrogen and oxygen atoms in total. The summed E-state index contributed by atoms with van der Waals surface area (Å²) in [6.45, 7) is 3.89. The van der Waals surface area contributed by atoms with Gasteiger partial charge in [0.25, 0.3) is 0 Å². The summed E-state index contributed by atoms with van der Waals surface area (Å²) in [5.41, 5.74) is 0.533. The quantitative estimate of drug-likeness (QED) is 0.531. The van der Waals surface area contributed by atoms with Crippen molar-refractivity contribution in [3.8, 4) is 0 Å². The Labute approximate surface area is 177 Å². The first-order valence-corrected chi connectivity index (χ1v) is 11.2. The molecule has 3 fully saturated rings. The smallest absolute Gasteiger partial charge is 0.230 e. The zero-order valence-electron chi connectivity index (χ0n) is 17.5. The van der Waals surface area contributed by atoms with Gasteiger partial charge in [-0.2, -0.15) is 0 Å². The summed E-state index contributed by atoms with van der Waals surface area (Å²) in [4.78, 5) is 32.6. The molecule has 4 atom stereocenters. The van der Waals surface area contributed by atoms with Crippen LogP contribution in [0.1, 0.15) is 37.7 Å². The van der Waals surface area contributed by atoms with Crippen molar-refractivity contribution >= 4 is 17.6 Å². The molecule has 2 bridgehead atoms. The number of nitrogens with zero attached hydrogens (tertiary/aromatic N) is 2. The molecule has 160 valence electrons. The number of nitrogens with one attached hydrogen (secondary N) is 2. The van der Waals surface area contributed by atoms with Crippen LogP contribution in [0.15, 0.2) is 30.5 Å². The van der Waals surface area contributed by atoms with E-state index in [0.29, 0.717) is 19.1 Å². The molecule has 4 heterocycles. The lowest BCUT2D eigenvalue weighted by Crippen LogP contribution is -2.45. The fourth-order valence-corrected chi connectivity index (χ4v) is 5.56. The Balaban J connectivity index is 1.15. The Morgan fingerprint density at radius 3 is 2.90 bits per heavy atom. The van der Waals surface area contributed by atoms with Crippen LogP contribution >= 0.6 is 0 Å². The number of anilines is 1. The molecule has 0 aromatic carbocycles. The Morgan fingerprint density at radius 1 is 1.30 bits per heavy atom. The number of hydrogen-bond acceptors (Lipinski definition) is 5. The van der Waals surface area contributed by atoms with Crippen LogP contribution in [-0.4, -0.2) is 59.1 Å². The summed E-state index contributed by atoms with van der Waals surface area (Å²) in [7, 11) is 0. The lowest BCUT2D eigenvalue weighted by atomic mass is 9.77. The molecule has 2 amide bonds. The molecule has 4 aliphatic rings. The molecule has 3 unspecified atom stereocenters. The third-order valence-electron chi connectivity index (χ3n) is 7.07. The van der Waals surface area contributed by atoms with Gasteiger partial charge in [0.1, 0.15) is 11.4 Å². The first-order chi connectivity index (χ1) is 14.6. The van der Waals surface area contributed by atoms with E-state index in [1.165, 1.54) is 12.8 Å². The summed E-state index contributed by atoms with van der Waals surface area (Å²) < 4.78 is 6.22. The fraction of sp³-hybridized carbons (Fsp3) is 0.609. The second-order valence-corrected chi connectivity index (χ2v) is 9.10. The lowest BCUT2D eigenvalue weighted by molar-refractivity contribution is -0.138. The normalized spacial score (nSPS) is 32.1. The van der Waals surface area contributed by atoms with E-state index in [9.17, 15) is 9.59 Å². The predicted molar refractivity (Wildman–Crippen MR) is 113 cm³/mol. The molecule has 1 aromatic heterocycles. The Bertz CT molecular complexity index is 849. The predicted octanol–water partition coefficient (Wildman–Crippen LogP) is 2.03. The van der Waals surface area contributed by atoms with Crippen molar-refractivity contribution in [3.05, 3.63) is 36.0 Å². The van der Waals surface area contributed by atoms with Crippen molar-refractivity contribution in [2.75, 3.05) is 25.0 Å². The second-order valence-electron chi connectivity index (χ2n) is 9.10. The zero-order valence-corrected chi connectivity index (χ0v) is 17.5. The Kier molecular flexibility index (Phi) is 5.01. The van der Waals surface area contributed by atoms with Crippen molar-refractivity contribution in [1.82, 2.24) is 15.2 Å². The van der Waals surface area contributed by atoms with Crippen molar-refractivity contribution in [2.24, 2.45) is 11.8 Å². The van der Waals surface area contributed by atoms with Gasteiger partial charge in [-0.3, -0.25) is 9.59 Å². The van der Waals surface area contributed by atoms with Crippen LogP contribution < -0.4 is 10.6 Å². The van der Waals surface area contributed by atoms with Crippen molar-refractivity contribution in [2.45, 2.75) is 56.8 Å². The molecule has 2 N–H and O–H groups in total. The van der Waals surface area contributed by atoms with E-state index in [1.54, 1.807) is 0 Å². The van der Waals surface area contributed by atoms with Crippen LogP contribution in [0.5, 0.6) is 0 Å². The molecule has 1 saturated carbocycles. The van der Waals surface area contributed by atoms with Crippen molar-refractivity contribution in [1.29, 1.82) is 0 Å². The number of hydrogen-bond donors (Lipinski definition) is 2. The number of carbonyl (C=O) groups is 2. The van der Waals surface area contributed by atoms with E-state index in [1.807, 2.05) is 42.3 Å². The fourth-order valence-electron chi connectivity index (χ4n) is 5.56. The molecule has 5 rings (SSSR count). The maximum absolute atomic E-state index is 13.2. The van der Waals surface area contributed by atoms with E-state index in [2.05, 4.69) is 15.6 Å². The highest BCUT2D eigenvalue weighted by Gasteiger charge is 2.67. The number of likely N-dealkylation sites (tertiary alicyclic amines) is 1. The Hall–Kier alpha value is -2.41. The van der Waals surface area contributed by atoms with Crippen LogP contribution in [0.25, 0.3) is 0 Å². The molecule has 2 saturated heterocycles. The van der Waals surface area contributed by atoms with Gasteiger partial charge in [-0.05, 0) is 37.8 Å². The summed E-state index contributed by atoms with van der Waals surface area (Å²) in [5, 5.41) is 6.30. The minimum absolute atomic E-state index is 0.0636. The molecule has 1 aromatic rings. The molecular formula is C23H30N4O3. The molecule has 30 heavy (non-hydrogen) atoms. The van der Waals surface area contributed by atoms with Crippen LogP contribution in [-0.2, 0) is 14.3 Å². The molecule has 3 aliphatic heterocycles. The zero-order chi connectivity index (χ0) is 20.7. The van der Waals surface area contributed by atoms with Gasteiger partial charge in [0.15, 0.2) is 0 Å². The van der Waals surface area contributed by atoms with Gasteiger partial charge < -0.3 is 20.3 Å². The molecule has 0 radical (unpaired) electrons. The largest absolute Gasteiger partial charge is 0.370 e. The number of aromatic nitrogens is 1. The standard InChI is InChI=1S/C23H30N4O3/c1-15-7-8-18(26-13-15)24-11-4-12-25-21(28)19-17-9-10-23(30-17)14-27(22(29)20(19)23)16-5-2-3-6-16/h7-10,13,16-17,19-20H,2-6,11-12,14H2,1H3,(H,24,26)(H,25,28)/t17?,19?,20?,23-/m0/s1. The van der Waals surface area contributed by atoms with E-state index in [-0.39, 0.29) is 23.8 Å². The highest BCUT2D eigenvalue weighted by molar-refractivity contribution is 5.93. The van der Waals surface area contributed by atoms with Gasteiger partial charge in [-0.25, -0.2) is 4.98 Å². The summed E-state index contributed by atoms with van der Waals surface area (Å²) in [6.07, 6.45) is 10.9. The molecular weight excluding hydrogens is 380 g/mol. The van der Waals surface area contributed by atoms with Gasteiger partial charge in [0.2, 0.25) is 11.8 Å². The number of ether oxygens (including phenoxy) is 1. The van der Waals surface area contributed by atoms with Crippen LogP contribution in [0, 0.1) is 18.8 Å². The minimum Gasteiger partial charge on any atom is -0.370 e. The summed E-state index contributed by atoms with van der Waals surface area (Å²) in [5.74, 6) is 0.0972. The molecule has 1 aliphatic carbocycles. The van der Waals surface area contributed by atoms with E-state index in [4.69, 9.17) is 4.74 Å². The Morgan fingerprint density at radius 2 is 2.13 bits per heavy atom. The second kappa shape index (κ2) is 7.69. The van der Waals surface area contributed by atoms with Gasteiger partial charge in [-0.1, -0.05) is 31.1 Å². The number of aryl methyl sites for hydroxylation is 1. The van der Waals surface area contributed by atoms with Crippen LogP contribution in [0.2, 0.25) is 0 Å². The minimum atomic E-state index is -0.592. The third kappa shape index (κ3) is 3.29. The van der Waals surface area contributed by atoms with Gasteiger partial charge in [0, 0.05) is 25.3 Å². The average Bonchev–Trinajstić information content (AvgIpc) is 3.51. The lowest BCUT2D eigenvalue weighted by Gasteiger charge is -2.27. The van der Waals surface area contributed by atoms with Crippen LogP contribution in [0.4, 0.5) is 5.82 Å². The van der Waals surface area contributed by atoms with E-state index >= 15 is 0 Å². The van der Waals surface area contributed by atoms with Crippen molar-refractivity contribution < 1.29 is 14.3 Å². The van der Waals surface area contributed by atoms with Gasteiger partial charge in [0.05, 0.1) is 24.5 Å². The van der Waals surface area contributed by atoms with E-state index < -0.39 is 11.5 Å². The number of fused-ring (bicyclic) bond motifs is 1. The average molecular weight is 411 g/mol.